The lowest BCUT2D eigenvalue weighted by molar-refractivity contribution is 0.123. The quantitative estimate of drug-likeness (QED) is 0.753. The Labute approximate surface area is 102 Å². The van der Waals surface area contributed by atoms with Crippen LogP contribution in [0, 0.1) is 0 Å². The van der Waals surface area contributed by atoms with Crippen LogP contribution in [0.15, 0.2) is 17.2 Å². The fourth-order valence-corrected chi connectivity index (χ4v) is 3.06. The molecule has 90 valence electrons. The number of fused-ring (bicyclic) bond motifs is 1. The summed E-state index contributed by atoms with van der Waals surface area (Å²) in [7, 11) is 1.73. The molecule has 3 rings (SSSR count). The van der Waals surface area contributed by atoms with E-state index in [1.807, 2.05) is 6.07 Å². The summed E-state index contributed by atoms with van der Waals surface area (Å²) in [6, 6.07) is 1.99. The standard InChI is InChI=1S/C11H13N3O2S/c1-13-7-12-8-6-9(17-10(8)11(13)15)14-2-4-16-5-3-14/h6-7H,2-5H2,1H3. The van der Waals surface area contributed by atoms with Crippen molar-refractivity contribution in [1.82, 2.24) is 9.55 Å². The Morgan fingerprint density at radius 1 is 1.41 bits per heavy atom. The van der Waals surface area contributed by atoms with Crippen molar-refractivity contribution in [3.63, 3.8) is 0 Å². The van der Waals surface area contributed by atoms with E-state index in [0.717, 1.165) is 41.5 Å². The monoisotopic (exact) mass is 251 g/mol. The summed E-state index contributed by atoms with van der Waals surface area (Å²) in [5.74, 6) is 0. The van der Waals surface area contributed by atoms with Gasteiger partial charge in [0.15, 0.2) is 0 Å². The number of thiophene rings is 1. The van der Waals surface area contributed by atoms with Crippen molar-refractivity contribution in [3.8, 4) is 0 Å². The zero-order valence-corrected chi connectivity index (χ0v) is 10.4. The van der Waals surface area contributed by atoms with Crippen LogP contribution in [0.1, 0.15) is 0 Å². The molecule has 1 saturated heterocycles. The molecule has 5 nitrogen and oxygen atoms in total. The molecule has 2 aromatic rings. The van der Waals surface area contributed by atoms with Crippen LogP contribution in [0.4, 0.5) is 5.00 Å². The summed E-state index contributed by atoms with van der Waals surface area (Å²) in [6.45, 7) is 3.26. The van der Waals surface area contributed by atoms with Gasteiger partial charge in [0.25, 0.3) is 5.56 Å². The number of aromatic nitrogens is 2. The first kappa shape index (κ1) is 10.7. The largest absolute Gasteiger partial charge is 0.378 e. The van der Waals surface area contributed by atoms with Gasteiger partial charge in [-0.05, 0) is 6.07 Å². The summed E-state index contributed by atoms with van der Waals surface area (Å²) in [5.41, 5.74) is 0.819. The number of rotatable bonds is 1. The summed E-state index contributed by atoms with van der Waals surface area (Å²) < 4.78 is 7.57. The topological polar surface area (TPSA) is 47.4 Å². The van der Waals surface area contributed by atoms with E-state index in [9.17, 15) is 4.79 Å². The average Bonchev–Trinajstić information content (AvgIpc) is 2.80. The molecule has 0 aliphatic carbocycles. The molecular weight excluding hydrogens is 238 g/mol. The fourth-order valence-electron chi connectivity index (χ4n) is 1.92. The van der Waals surface area contributed by atoms with Crippen LogP contribution in [0.25, 0.3) is 10.2 Å². The third kappa shape index (κ3) is 1.83. The molecule has 3 heterocycles. The van der Waals surface area contributed by atoms with Crippen LogP contribution in [-0.2, 0) is 11.8 Å². The summed E-state index contributed by atoms with van der Waals surface area (Å²) in [5, 5.41) is 1.11. The van der Waals surface area contributed by atoms with Crippen LogP contribution in [0.5, 0.6) is 0 Å². The van der Waals surface area contributed by atoms with E-state index in [1.54, 1.807) is 13.4 Å². The minimum Gasteiger partial charge on any atom is -0.378 e. The molecular formula is C11H13N3O2S. The van der Waals surface area contributed by atoms with Crippen LogP contribution in [0.3, 0.4) is 0 Å². The van der Waals surface area contributed by atoms with Crippen molar-refractivity contribution in [2.24, 2.45) is 7.05 Å². The van der Waals surface area contributed by atoms with Gasteiger partial charge in [-0.25, -0.2) is 4.98 Å². The van der Waals surface area contributed by atoms with Gasteiger partial charge in [0.2, 0.25) is 0 Å². The van der Waals surface area contributed by atoms with Gasteiger partial charge in [-0.1, -0.05) is 0 Å². The maximum Gasteiger partial charge on any atom is 0.271 e. The Morgan fingerprint density at radius 3 is 2.94 bits per heavy atom. The zero-order valence-electron chi connectivity index (χ0n) is 9.55. The Balaban J connectivity index is 2.07. The number of aryl methyl sites for hydroxylation is 1. The van der Waals surface area contributed by atoms with Gasteiger partial charge < -0.3 is 14.2 Å². The zero-order chi connectivity index (χ0) is 11.8. The molecule has 0 saturated carbocycles. The second kappa shape index (κ2) is 4.12. The average molecular weight is 251 g/mol. The second-order valence-electron chi connectivity index (χ2n) is 4.06. The van der Waals surface area contributed by atoms with Gasteiger partial charge >= 0.3 is 0 Å². The van der Waals surface area contributed by atoms with Crippen molar-refractivity contribution >= 4 is 26.6 Å². The molecule has 0 radical (unpaired) electrons. The predicted molar refractivity (Wildman–Crippen MR) is 67.9 cm³/mol. The Bertz CT molecular complexity index is 598. The fraction of sp³-hybridized carbons (Fsp3) is 0.455. The molecule has 6 heteroatoms. The van der Waals surface area contributed by atoms with E-state index in [0.29, 0.717) is 0 Å². The van der Waals surface area contributed by atoms with Crippen LogP contribution in [0.2, 0.25) is 0 Å². The van der Waals surface area contributed by atoms with Gasteiger partial charge in [-0.3, -0.25) is 4.79 Å². The van der Waals surface area contributed by atoms with E-state index in [1.165, 1.54) is 15.9 Å². The van der Waals surface area contributed by atoms with E-state index in [4.69, 9.17) is 4.74 Å². The maximum absolute atomic E-state index is 11.9. The molecule has 0 unspecified atom stereocenters. The first-order valence-corrected chi connectivity index (χ1v) is 6.35. The summed E-state index contributed by atoms with van der Waals surface area (Å²) in [6.07, 6.45) is 1.57. The predicted octanol–water partition coefficient (Wildman–Crippen LogP) is 0.832. The van der Waals surface area contributed by atoms with Crippen molar-refractivity contribution in [2.75, 3.05) is 31.2 Å². The Morgan fingerprint density at radius 2 is 2.18 bits per heavy atom. The third-order valence-electron chi connectivity index (χ3n) is 2.91. The Hall–Kier alpha value is -1.40. The van der Waals surface area contributed by atoms with Crippen LogP contribution in [-0.4, -0.2) is 35.9 Å². The van der Waals surface area contributed by atoms with Gasteiger partial charge in [-0.15, -0.1) is 11.3 Å². The molecule has 1 aliphatic rings. The summed E-state index contributed by atoms with van der Waals surface area (Å²) >= 11 is 1.52. The van der Waals surface area contributed by atoms with Crippen molar-refractivity contribution < 1.29 is 4.74 Å². The molecule has 0 N–H and O–H groups in total. The third-order valence-corrected chi connectivity index (χ3v) is 4.08. The second-order valence-corrected chi connectivity index (χ2v) is 5.09. The summed E-state index contributed by atoms with van der Waals surface area (Å²) in [4.78, 5) is 18.4. The normalized spacial score (nSPS) is 16.6. The lowest BCUT2D eigenvalue weighted by Gasteiger charge is -2.27. The number of ether oxygens (including phenoxy) is 1. The molecule has 1 aliphatic heterocycles. The van der Waals surface area contributed by atoms with Crippen LogP contribution < -0.4 is 10.5 Å². The number of anilines is 1. The molecule has 0 spiro atoms. The highest BCUT2D eigenvalue weighted by atomic mass is 32.1. The molecule has 0 bridgehead atoms. The highest BCUT2D eigenvalue weighted by Gasteiger charge is 2.15. The van der Waals surface area contributed by atoms with Crippen LogP contribution >= 0.6 is 11.3 Å². The minimum absolute atomic E-state index is 0.0273. The van der Waals surface area contributed by atoms with E-state index < -0.39 is 0 Å². The van der Waals surface area contributed by atoms with Gasteiger partial charge in [0.05, 0.1) is 30.1 Å². The van der Waals surface area contributed by atoms with Crippen molar-refractivity contribution in [1.29, 1.82) is 0 Å². The first-order valence-electron chi connectivity index (χ1n) is 5.53. The molecule has 0 amide bonds. The lowest BCUT2D eigenvalue weighted by atomic mass is 10.4. The van der Waals surface area contributed by atoms with Crippen molar-refractivity contribution in [2.45, 2.75) is 0 Å². The van der Waals surface area contributed by atoms with E-state index >= 15 is 0 Å². The smallest absolute Gasteiger partial charge is 0.271 e. The van der Waals surface area contributed by atoms with E-state index in [2.05, 4.69) is 9.88 Å². The highest BCUT2D eigenvalue weighted by Crippen LogP contribution is 2.29. The molecule has 0 aromatic carbocycles. The minimum atomic E-state index is 0.0273. The first-order chi connectivity index (χ1) is 8.25. The number of morpholine rings is 1. The van der Waals surface area contributed by atoms with Gasteiger partial charge in [0, 0.05) is 20.1 Å². The molecule has 0 atom stereocenters. The van der Waals surface area contributed by atoms with Gasteiger partial charge in [0.1, 0.15) is 4.70 Å². The lowest BCUT2D eigenvalue weighted by Crippen LogP contribution is -2.35. The van der Waals surface area contributed by atoms with Gasteiger partial charge in [-0.2, -0.15) is 0 Å². The van der Waals surface area contributed by atoms with Crippen molar-refractivity contribution in [3.05, 3.63) is 22.7 Å². The molecule has 1 fully saturated rings. The molecule has 17 heavy (non-hydrogen) atoms. The number of hydrogen-bond donors (Lipinski definition) is 0. The van der Waals surface area contributed by atoms with E-state index in [-0.39, 0.29) is 5.56 Å². The SMILES string of the molecule is Cn1cnc2cc(N3CCOCC3)sc2c1=O. The molecule has 2 aromatic heterocycles. The number of hydrogen-bond acceptors (Lipinski definition) is 5. The Kier molecular flexibility index (Phi) is 2.60. The maximum atomic E-state index is 11.9. The number of nitrogens with zero attached hydrogens (tertiary/aromatic N) is 3. The highest BCUT2D eigenvalue weighted by molar-refractivity contribution is 7.22.